The maximum atomic E-state index is 12.6. The molecule has 0 aliphatic carbocycles. The van der Waals surface area contributed by atoms with Crippen molar-refractivity contribution in [1.29, 1.82) is 0 Å². The number of halogens is 2. The minimum atomic E-state index is -1.59. The summed E-state index contributed by atoms with van der Waals surface area (Å²) in [6.07, 6.45) is 0.349. The molecule has 2 aromatic carbocycles. The molecule has 176 valence electrons. The summed E-state index contributed by atoms with van der Waals surface area (Å²) in [4.78, 5) is 44.4. The van der Waals surface area contributed by atoms with Gasteiger partial charge in [0.05, 0.1) is 0 Å². The van der Waals surface area contributed by atoms with Crippen molar-refractivity contribution >= 4 is 31.3 Å². The molecule has 0 fully saturated rings. The van der Waals surface area contributed by atoms with Crippen molar-refractivity contribution in [3.8, 4) is 5.75 Å². The van der Waals surface area contributed by atoms with Crippen LogP contribution in [-0.4, -0.2) is 37.4 Å². The Kier molecular flexibility index (Phi) is 8.06. The number of nitrogens with zero attached hydrogens (tertiary/aromatic N) is 2. The number of carbonyl (C=O) groups is 3. The van der Waals surface area contributed by atoms with Crippen LogP contribution in [0.2, 0.25) is 0 Å². The van der Waals surface area contributed by atoms with E-state index in [1.807, 2.05) is 0 Å². The molecule has 2 aromatic rings. The number of carbonyl (C=O) groups excluding carboxylic acids is 1. The zero-order chi connectivity index (χ0) is 24.0. The summed E-state index contributed by atoms with van der Waals surface area (Å²) in [6.45, 7) is 0. The van der Waals surface area contributed by atoms with E-state index in [-0.39, 0.29) is 24.4 Å². The van der Waals surface area contributed by atoms with E-state index in [1.165, 1.54) is 12.1 Å². The van der Waals surface area contributed by atoms with Gasteiger partial charge in [0, 0.05) is 0 Å². The molecule has 0 bridgehead atoms. The van der Waals surface area contributed by atoms with Gasteiger partial charge in [0.2, 0.25) is 0 Å². The van der Waals surface area contributed by atoms with Crippen LogP contribution in [0.25, 0.3) is 0 Å². The maximum absolute atomic E-state index is 12.6. The number of esters is 1. The first kappa shape index (κ1) is 24.7. The molecule has 0 saturated carbocycles. The predicted octanol–water partition coefficient (Wildman–Crippen LogP) is -3.68. The second-order valence-electron chi connectivity index (χ2n) is 6.52. The molecule has 13 heteroatoms. The van der Waals surface area contributed by atoms with Crippen LogP contribution < -0.4 is 58.6 Å². The number of para-hydroxylation sites is 1. The molecule has 1 aliphatic rings. The fourth-order valence-corrected chi connectivity index (χ4v) is 9.00. The molecule has 6 N–H and O–H groups in total. The number of alkyl halides is 2. The van der Waals surface area contributed by atoms with E-state index in [1.54, 1.807) is 36.4 Å². The topological polar surface area (TPSA) is 187 Å². The summed E-state index contributed by atoms with van der Waals surface area (Å²) in [5.41, 5.74) is 12.6. The van der Waals surface area contributed by atoms with Crippen molar-refractivity contribution in [2.24, 2.45) is 21.6 Å². The third kappa shape index (κ3) is 7.01. The zero-order valence-electron chi connectivity index (χ0n) is 16.8. The SMILES string of the molecule is NC(N)=Nc1ccc(C(=O)Oc2ccccc2CC2=NOC([I-]C(=O)O)([I-]C(=O)O)C2)cc1. The molecule has 0 radical (unpaired) electrons. The van der Waals surface area contributed by atoms with E-state index < -0.39 is 57.9 Å². The summed E-state index contributed by atoms with van der Waals surface area (Å²) < 4.78 is 2.22. The van der Waals surface area contributed by atoms with Crippen molar-refractivity contribution < 1.29 is 76.6 Å². The van der Waals surface area contributed by atoms with Crippen molar-refractivity contribution in [3.05, 3.63) is 59.7 Å². The first-order valence-corrected chi connectivity index (χ1v) is 13.5. The Balaban J connectivity index is 1.72. The third-order valence-electron chi connectivity index (χ3n) is 4.09. The molecule has 0 unspecified atom stereocenters. The standard InChI is InChI=1S/C20H18I2N4O7/c23-19(24)25-13-7-5-11(6-8-13)16(27)32-15-4-2-1-3-12(15)9-14-10-20(33-26-14,21-17(28)29)22-18(30)31/h1-8H,9-10H2,(H,28,29)(H,30,31)(H4,23,24,25)/q-2. The van der Waals surface area contributed by atoms with Gasteiger partial charge >= 0.3 is 187 Å². The monoisotopic (exact) mass is 680 g/mol. The van der Waals surface area contributed by atoms with Crippen molar-refractivity contribution in [3.63, 3.8) is 0 Å². The number of oxime groups is 1. The first-order chi connectivity index (χ1) is 15.7. The molecule has 0 spiro atoms. The van der Waals surface area contributed by atoms with E-state index in [9.17, 15) is 24.6 Å². The van der Waals surface area contributed by atoms with Crippen LogP contribution in [0.15, 0.2) is 58.7 Å². The van der Waals surface area contributed by atoms with Crippen LogP contribution in [0.4, 0.5) is 15.3 Å². The summed E-state index contributed by atoms with van der Waals surface area (Å²) in [5, 5.41) is 22.4. The number of nitrogens with two attached hydrogens (primary N) is 2. The number of hydrogen-bond donors (Lipinski definition) is 4. The van der Waals surface area contributed by atoms with Gasteiger partial charge in [0.25, 0.3) is 0 Å². The number of ether oxygens (including phenoxy) is 1. The summed E-state index contributed by atoms with van der Waals surface area (Å²) >= 11 is -3.17. The van der Waals surface area contributed by atoms with Gasteiger partial charge in [-0.1, -0.05) is 0 Å². The predicted molar refractivity (Wildman–Crippen MR) is 109 cm³/mol. The van der Waals surface area contributed by atoms with E-state index in [0.717, 1.165) is 0 Å². The van der Waals surface area contributed by atoms with Gasteiger partial charge in [-0.05, 0) is 0 Å². The normalized spacial score (nSPS) is 14.2. The Bertz CT molecular complexity index is 1120. The summed E-state index contributed by atoms with van der Waals surface area (Å²) in [6, 6.07) is 13.0. The molecule has 0 atom stereocenters. The number of benzene rings is 2. The number of carboxylic acid groups (broad SMARTS) is 2. The van der Waals surface area contributed by atoms with Gasteiger partial charge in [0.1, 0.15) is 0 Å². The number of aliphatic imine (C=N–C) groups is 1. The first-order valence-electron chi connectivity index (χ1n) is 9.17. The van der Waals surface area contributed by atoms with Gasteiger partial charge in [-0.2, -0.15) is 0 Å². The van der Waals surface area contributed by atoms with E-state index in [2.05, 4.69) is 10.1 Å². The number of hydrogen-bond acceptors (Lipinski definition) is 7. The van der Waals surface area contributed by atoms with Gasteiger partial charge in [-0.3, -0.25) is 0 Å². The van der Waals surface area contributed by atoms with E-state index in [0.29, 0.717) is 22.7 Å². The molecule has 3 rings (SSSR count). The van der Waals surface area contributed by atoms with Crippen LogP contribution in [-0.2, 0) is 11.3 Å². The minimum absolute atomic E-state index is 0.0991. The van der Waals surface area contributed by atoms with E-state index >= 15 is 0 Å². The second kappa shape index (κ2) is 10.8. The Morgan fingerprint density at radius 1 is 1.06 bits per heavy atom. The zero-order valence-corrected chi connectivity index (χ0v) is 21.1. The van der Waals surface area contributed by atoms with Gasteiger partial charge < -0.3 is 11.5 Å². The van der Waals surface area contributed by atoms with Crippen LogP contribution in [0, 0.1) is 0 Å². The molecule has 1 aliphatic heterocycles. The van der Waals surface area contributed by atoms with Crippen molar-refractivity contribution in [2.45, 2.75) is 14.5 Å². The molecular formula is C20H18I2N4O7-2. The average molecular weight is 680 g/mol. The quantitative estimate of drug-likeness (QED) is 0.0394. The Labute approximate surface area is 208 Å². The Morgan fingerprint density at radius 3 is 2.30 bits per heavy atom. The molecule has 0 saturated heterocycles. The molecule has 0 aromatic heterocycles. The molecule has 0 amide bonds. The van der Waals surface area contributed by atoms with Crippen molar-refractivity contribution in [1.82, 2.24) is 0 Å². The third-order valence-corrected chi connectivity index (χ3v) is 10.5. The molecular weight excluding hydrogens is 662 g/mol. The summed E-state index contributed by atoms with van der Waals surface area (Å²) in [5.74, 6) is -0.388. The van der Waals surface area contributed by atoms with Crippen molar-refractivity contribution in [2.75, 3.05) is 0 Å². The van der Waals surface area contributed by atoms with Crippen LogP contribution >= 0.6 is 0 Å². The van der Waals surface area contributed by atoms with Crippen LogP contribution in [0.5, 0.6) is 5.75 Å². The Morgan fingerprint density at radius 2 is 1.70 bits per heavy atom. The van der Waals surface area contributed by atoms with Gasteiger partial charge in [0.15, 0.2) is 5.96 Å². The van der Waals surface area contributed by atoms with Gasteiger partial charge in [-0.25, -0.2) is 4.99 Å². The molecule has 1 heterocycles. The average Bonchev–Trinajstić information content (AvgIpc) is 3.09. The fourth-order valence-electron chi connectivity index (χ4n) is 2.84. The molecule has 33 heavy (non-hydrogen) atoms. The van der Waals surface area contributed by atoms with Crippen LogP contribution in [0.1, 0.15) is 22.3 Å². The van der Waals surface area contributed by atoms with Gasteiger partial charge in [-0.15, -0.1) is 0 Å². The van der Waals surface area contributed by atoms with E-state index in [4.69, 9.17) is 21.0 Å². The number of guanidine groups is 1. The number of rotatable bonds is 9. The fraction of sp³-hybridized carbons (Fsp3) is 0.150. The molecule has 11 nitrogen and oxygen atoms in total. The second-order valence-corrected chi connectivity index (χ2v) is 15.0. The van der Waals surface area contributed by atoms with Crippen LogP contribution in [0.3, 0.4) is 0 Å². The summed E-state index contributed by atoms with van der Waals surface area (Å²) in [7, 11) is 0. The Hall–Kier alpha value is -2.95.